The van der Waals surface area contributed by atoms with E-state index in [2.05, 4.69) is 17.2 Å². The number of carbonyl (C=O) groups is 1. The van der Waals surface area contributed by atoms with Gasteiger partial charge in [0.05, 0.1) is 12.3 Å². The Morgan fingerprint density at radius 1 is 0.857 bits per heavy atom. The first-order valence-electron chi connectivity index (χ1n) is 11.8. The molecule has 1 aromatic heterocycles. The Bertz CT molecular complexity index is 511. The van der Waals surface area contributed by atoms with E-state index in [0.29, 0.717) is 12.3 Å². The van der Waals surface area contributed by atoms with E-state index in [4.69, 9.17) is 4.74 Å². The molecule has 28 heavy (non-hydrogen) atoms. The van der Waals surface area contributed by atoms with Gasteiger partial charge in [-0.3, -0.25) is 0 Å². The molecule has 1 heterocycles. The molecule has 0 atom stereocenters. The van der Waals surface area contributed by atoms with Gasteiger partial charge >= 0.3 is 5.97 Å². The van der Waals surface area contributed by atoms with Crippen LogP contribution in [0, 0.1) is 6.92 Å². The largest absolute Gasteiger partial charge is 0.461 e. The fraction of sp³-hybridized carbons (Fsp3) is 0.792. The van der Waals surface area contributed by atoms with Crippen LogP contribution in [0.4, 0.5) is 5.69 Å². The summed E-state index contributed by atoms with van der Waals surface area (Å²) < 4.78 is 5.06. The minimum Gasteiger partial charge on any atom is -0.461 e. The van der Waals surface area contributed by atoms with Crippen LogP contribution < -0.4 is 5.32 Å². The van der Waals surface area contributed by atoms with Gasteiger partial charge in [0.15, 0.2) is 0 Å². The molecule has 2 N–H and O–H groups in total. The van der Waals surface area contributed by atoms with E-state index in [1.807, 2.05) is 20.0 Å². The number of unbranched alkanes of at least 4 members (excludes halogenated alkanes) is 13. The summed E-state index contributed by atoms with van der Waals surface area (Å²) >= 11 is 0. The van der Waals surface area contributed by atoms with Gasteiger partial charge in [-0.2, -0.15) is 0 Å². The molecule has 0 aliphatic heterocycles. The number of anilines is 1. The van der Waals surface area contributed by atoms with Crippen LogP contribution in [0.1, 0.15) is 120 Å². The zero-order valence-corrected chi connectivity index (χ0v) is 18.7. The van der Waals surface area contributed by atoms with Crippen LogP contribution in [0.15, 0.2) is 6.20 Å². The molecular weight excluding hydrogens is 348 g/mol. The number of hydrogen-bond acceptors (Lipinski definition) is 3. The number of rotatable bonds is 18. The fourth-order valence-corrected chi connectivity index (χ4v) is 3.64. The first kappa shape index (κ1) is 24.6. The molecular formula is C24H44N2O2. The second kappa shape index (κ2) is 16.5. The van der Waals surface area contributed by atoms with Crippen molar-refractivity contribution in [3.05, 3.63) is 17.5 Å². The number of carbonyl (C=O) groups excluding carboxylic acids is 1. The maximum atomic E-state index is 11.8. The number of aromatic nitrogens is 1. The van der Waals surface area contributed by atoms with Crippen molar-refractivity contribution in [3.63, 3.8) is 0 Å². The highest BCUT2D eigenvalue weighted by Gasteiger charge is 2.14. The standard InChI is InChI=1S/C24H44N2O2/c1-4-6-7-8-9-10-11-12-13-14-15-16-17-18-19-25-22-20-26-23(21(22)3)24(27)28-5-2/h20,25-26H,4-19H2,1-3H3. The third kappa shape index (κ3) is 10.8. The highest BCUT2D eigenvalue weighted by molar-refractivity contribution is 5.91. The molecule has 0 aliphatic rings. The third-order valence-corrected chi connectivity index (χ3v) is 5.47. The van der Waals surface area contributed by atoms with E-state index >= 15 is 0 Å². The van der Waals surface area contributed by atoms with E-state index < -0.39 is 0 Å². The highest BCUT2D eigenvalue weighted by Crippen LogP contribution is 2.19. The maximum absolute atomic E-state index is 11.8. The quantitative estimate of drug-likeness (QED) is 0.202. The summed E-state index contributed by atoms with van der Waals surface area (Å²) in [5.74, 6) is -0.274. The SMILES string of the molecule is CCCCCCCCCCCCCCCCNc1c[nH]c(C(=O)OCC)c1C. The Hall–Kier alpha value is -1.45. The lowest BCUT2D eigenvalue weighted by atomic mass is 10.0. The predicted octanol–water partition coefficient (Wildman–Crippen LogP) is 7.39. The molecule has 162 valence electrons. The van der Waals surface area contributed by atoms with Crippen molar-refractivity contribution in [2.45, 2.75) is 111 Å². The lowest BCUT2D eigenvalue weighted by Gasteiger charge is -2.06. The highest BCUT2D eigenvalue weighted by atomic mass is 16.5. The summed E-state index contributed by atoms with van der Waals surface area (Å²) in [6.07, 6.45) is 21.2. The summed E-state index contributed by atoms with van der Waals surface area (Å²) in [6.45, 7) is 7.42. The van der Waals surface area contributed by atoms with Crippen molar-refractivity contribution in [3.8, 4) is 0 Å². The molecule has 0 bridgehead atoms. The van der Waals surface area contributed by atoms with Gasteiger partial charge in [0.2, 0.25) is 0 Å². The van der Waals surface area contributed by atoms with Crippen LogP contribution >= 0.6 is 0 Å². The van der Waals surface area contributed by atoms with E-state index in [0.717, 1.165) is 17.8 Å². The number of H-pyrrole nitrogens is 1. The zero-order valence-electron chi connectivity index (χ0n) is 18.7. The molecule has 1 rings (SSSR count). The van der Waals surface area contributed by atoms with E-state index in [1.54, 1.807) is 0 Å². The molecule has 4 heteroatoms. The van der Waals surface area contributed by atoms with Gasteiger partial charge in [-0.1, -0.05) is 90.4 Å². The van der Waals surface area contributed by atoms with Gasteiger partial charge in [0.25, 0.3) is 0 Å². The first-order valence-corrected chi connectivity index (χ1v) is 11.8. The van der Waals surface area contributed by atoms with Crippen LogP contribution in [0.2, 0.25) is 0 Å². The summed E-state index contributed by atoms with van der Waals surface area (Å²) in [5, 5.41) is 3.43. The topological polar surface area (TPSA) is 54.1 Å². The first-order chi connectivity index (χ1) is 13.7. The Kier molecular flexibility index (Phi) is 14.5. The lowest BCUT2D eigenvalue weighted by Crippen LogP contribution is -2.07. The van der Waals surface area contributed by atoms with E-state index in [-0.39, 0.29) is 5.97 Å². The van der Waals surface area contributed by atoms with Crippen LogP contribution in [0.5, 0.6) is 0 Å². The minimum atomic E-state index is -0.274. The van der Waals surface area contributed by atoms with Crippen LogP contribution in [-0.2, 0) is 4.74 Å². The number of ether oxygens (including phenoxy) is 1. The Balaban J connectivity index is 1.93. The smallest absolute Gasteiger partial charge is 0.355 e. The van der Waals surface area contributed by atoms with Crippen molar-refractivity contribution in [2.75, 3.05) is 18.5 Å². The zero-order chi connectivity index (χ0) is 20.5. The average Bonchev–Trinajstić information content (AvgIpc) is 3.05. The average molecular weight is 393 g/mol. The van der Waals surface area contributed by atoms with Crippen LogP contribution in [0.3, 0.4) is 0 Å². The molecule has 0 fully saturated rings. The number of aromatic amines is 1. The second-order valence-electron chi connectivity index (χ2n) is 7.95. The molecule has 0 radical (unpaired) electrons. The summed E-state index contributed by atoms with van der Waals surface area (Å²) in [7, 11) is 0. The van der Waals surface area contributed by atoms with Gasteiger partial charge in [0.1, 0.15) is 5.69 Å². The summed E-state index contributed by atoms with van der Waals surface area (Å²) in [6, 6.07) is 0. The van der Waals surface area contributed by atoms with Crippen molar-refractivity contribution in [2.24, 2.45) is 0 Å². The number of esters is 1. The van der Waals surface area contributed by atoms with Crippen molar-refractivity contribution < 1.29 is 9.53 Å². The number of nitrogens with one attached hydrogen (secondary N) is 2. The lowest BCUT2D eigenvalue weighted by molar-refractivity contribution is 0.0519. The minimum absolute atomic E-state index is 0.274. The molecule has 0 spiro atoms. The predicted molar refractivity (Wildman–Crippen MR) is 120 cm³/mol. The van der Waals surface area contributed by atoms with Crippen molar-refractivity contribution in [1.29, 1.82) is 0 Å². The normalized spacial score (nSPS) is 11.0. The van der Waals surface area contributed by atoms with Crippen LogP contribution in [0.25, 0.3) is 0 Å². The van der Waals surface area contributed by atoms with Gasteiger partial charge in [-0.05, 0) is 20.3 Å². The molecule has 1 aromatic rings. The van der Waals surface area contributed by atoms with Gasteiger partial charge in [-0.15, -0.1) is 0 Å². The van der Waals surface area contributed by atoms with Gasteiger partial charge in [0, 0.05) is 18.3 Å². The van der Waals surface area contributed by atoms with Gasteiger partial charge in [-0.25, -0.2) is 4.79 Å². The summed E-state index contributed by atoms with van der Waals surface area (Å²) in [4.78, 5) is 14.8. The van der Waals surface area contributed by atoms with Crippen LogP contribution in [-0.4, -0.2) is 24.1 Å². The summed E-state index contributed by atoms with van der Waals surface area (Å²) in [5.41, 5.74) is 2.52. The Morgan fingerprint density at radius 2 is 1.36 bits per heavy atom. The molecule has 0 unspecified atom stereocenters. The third-order valence-electron chi connectivity index (χ3n) is 5.47. The second-order valence-corrected chi connectivity index (χ2v) is 7.95. The fourth-order valence-electron chi connectivity index (χ4n) is 3.64. The van der Waals surface area contributed by atoms with Crippen molar-refractivity contribution in [1.82, 2.24) is 4.98 Å². The van der Waals surface area contributed by atoms with E-state index in [1.165, 1.54) is 89.9 Å². The Morgan fingerprint density at radius 3 is 1.86 bits per heavy atom. The molecule has 0 saturated carbocycles. The molecule has 0 aliphatic carbocycles. The Labute approximate surface area is 173 Å². The maximum Gasteiger partial charge on any atom is 0.355 e. The molecule has 4 nitrogen and oxygen atoms in total. The van der Waals surface area contributed by atoms with Crippen molar-refractivity contribution >= 4 is 11.7 Å². The van der Waals surface area contributed by atoms with Gasteiger partial charge < -0.3 is 15.0 Å². The molecule has 0 aromatic carbocycles. The number of hydrogen-bond donors (Lipinski definition) is 2. The molecule has 0 saturated heterocycles. The van der Waals surface area contributed by atoms with E-state index in [9.17, 15) is 4.79 Å². The monoisotopic (exact) mass is 392 g/mol. The molecule has 0 amide bonds.